The SMILES string of the molecule is O=C(CC12CC3CC(CC(C3)C1)C2)NCC(=O)N1C[C@H](O)C[C@@H]1c1ccc(F)cc1. The number of aliphatic hydroxyl groups is 1. The van der Waals surface area contributed by atoms with Crippen molar-refractivity contribution in [3.8, 4) is 0 Å². The van der Waals surface area contributed by atoms with Gasteiger partial charge in [0, 0.05) is 13.0 Å². The van der Waals surface area contributed by atoms with Crippen molar-refractivity contribution in [2.75, 3.05) is 13.1 Å². The molecule has 30 heavy (non-hydrogen) atoms. The van der Waals surface area contributed by atoms with E-state index in [9.17, 15) is 19.1 Å². The van der Waals surface area contributed by atoms with Crippen molar-refractivity contribution in [1.29, 1.82) is 0 Å². The van der Waals surface area contributed by atoms with Crippen LogP contribution in [0.25, 0.3) is 0 Å². The van der Waals surface area contributed by atoms with Gasteiger partial charge in [0.15, 0.2) is 0 Å². The molecule has 6 rings (SSSR count). The third-order valence-corrected chi connectivity index (χ3v) is 7.99. The first kappa shape index (κ1) is 20.0. The summed E-state index contributed by atoms with van der Waals surface area (Å²) < 4.78 is 13.2. The van der Waals surface area contributed by atoms with E-state index in [4.69, 9.17) is 0 Å². The van der Waals surface area contributed by atoms with Gasteiger partial charge >= 0.3 is 0 Å². The van der Waals surface area contributed by atoms with Crippen LogP contribution in [0.5, 0.6) is 0 Å². The van der Waals surface area contributed by atoms with Gasteiger partial charge in [0.05, 0.1) is 18.7 Å². The van der Waals surface area contributed by atoms with Crippen molar-refractivity contribution < 1.29 is 19.1 Å². The number of amides is 2. The van der Waals surface area contributed by atoms with Crippen LogP contribution in [0, 0.1) is 29.0 Å². The van der Waals surface area contributed by atoms with E-state index in [2.05, 4.69) is 5.32 Å². The van der Waals surface area contributed by atoms with Crippen LogP contribution in [0.2, 0.25) is 0 Å². The molecule has 0 unspecified atom stereocenters. The number of rotatable bonds is 5. The molecular weight excluding hydrogens is 383 g/mol. The number of β-amino-alcohol motifs (C(OH)–C–C–N with tert-alkyl or cyclic N) is 1. The summed E-state index contributed by atoms with van der Waals surface area (Å²) in [6.07, 6.45) is 7.92. The van der Waals surface area contributed by atoms with Gasteiger partial charge in [-0.05, 0) is 85.8 Å². The molecule has 1 aromatic carbocycles. The predicted octanol–water partition coefficient (Wildman–Crippen LogP) is 3.18. The highest BCUT2D eigenvalue weighted by Gasteiger charge is 2.51. The highest BCUT2D eigenvalue weighted by atomic mass is 19.1. The van der Waals surface area contributed by atoms with Crippen LogP contribution in [0.3, 0.4) is 0 Å². The van der Waals surface area contributed by atoms with E-state index in [1.54, 1.807) is 17.0 Å². The fraction of sp³-hybridized carbons (Fsp3) is 0.667. The van der Waals surface area contributed by atoms with Gasteiger partial charge in [-0.15, -0.1) is 0 Å². The first-order chi connectivity index (χ1) is 14.4. The van der Waals surface area contributed by atoms with E-state index in [1.165, 1.54) is 50.7 Å². The first-order valence-electron chi connectivity index (χ1n) is 11.4. The van der Waals surface area contributed by atoms with E-state index in [0.717, 1.165) is 23.3 Å². The average Bonchev–Trinajstić information content (AvgIpc) is 3.07. The Morgan fingerprint density at radius 1 is 1.03 bits per heavy atom. The topological polar surface area (TPSA) is 69.6 Å². The number of likely N-dealkylation sites (tertiary alicyclic amines) is 1. The Bertz CT molecular complexity index is 789. The van der Waals surface area contributed by atoms with Gasteiger partial charge in [-0.3, -0.25) is 9.59 Å². The molecule has 2 N–H and O–H groups in total. The quantitative estimate of drug-likeness (QED) is 0.778. The van der Waals surface area contributed by atoms with Crippen LogP contribution in [0.4, 0.5) is 4.39 Å². The van der Waals surface area contributed by atoms with Crippen molar-refractivity contribution in [2.24, 2.45) is 23.2 Å². The Hall–Kier alpha value is -1.95. The summed E-state index contributed by atoms with van der Waals surface area (Å²) in [7, 11) is 0. The Labute approximate surface area is 177 Å². The van der Waals surface area contributed by atoms with Crippen LogP contribution in [0.1, 0.15) is 63.0 Å². The summed E-state index contributed by atoms with van der Waals surface area (Å²) in [6.45, 7) is 0.196. The van der Waals surface area contributed by atoms with Crippen molar-refractivity contribution in [3.05, 3.63) is 35.6 Å². The van der Waals surface area contributed by atoms with Crippen molar-refractivity contribution >= 4 is 11.8 Å². The zero-order chi connectivity index (χ0) is 20.9. The van der Waals surface area contributed by atoms with Gasteiger partial charge in [0.1, 0.15) is 5.82 Å². The average molecular weight is 415 g/mol. The molecule has 6 heteroatoms. The Kier molecular flexibility index (Phi) is 5.08. The zero-order valence-electron chi connectivity index (χ0n) is 17.4. The number of hydrogen-bond acceptors (Lipinski definition) is 3. The van der Waals surface area contributed by atoms with Gasteiger partial charge in [0.2, 0.25) is 11.8 Å². The molecule has 1 aromatic rings. The van der Waals surface area contributed by atoms with Gasteiger partial charge in [0.25, 0.3) is 0 Å². The van der Waals surface area contributed by atoms with Gasteiger partial charge in [-0.2, -0.15) is 0 Å². The largest absolute Gasteiger partial charge is 0.391 e. The number of carbonyl (C=O) groups excluding carboxylic acids is 2. The monoisotopic (exact) mass is 414 g/mol. The molecule has 4 bridgehead atoms. The second-order valence-corrected chi connectivity index (χ2v) is 10.4. The summed E-state index contributed by atoms with van der Waals surface area (Å²) in [6, 6.07) is 5.77. The molecule has 1 aliphatic heterocycles. The lowest BCUT2D eigenvalue weighted by Crippen LogP contribution is -2.48. The number of benzene rings is 1. The van der Waals surface area contributed by atoms with Crippen molar-refractivity contribution in [3.63, 3.8) is 0 Å². The van der Waals surface area contributed by atoms with Crippen LogP contribution in [-0.4, -0.2) is 41.0 Å². The Morgan fingerprint density at radius 3 is 2.23 bits per heavy atom. The van der Waals surface area contributed by atoms with E-state index in [-0.39, 0.29) is 42.2 Å². The number of carbonyl (C=O) groups is 2. The Balaban J connectivity index is 1.18. The lowest BCUT2D eigenvalue weighted by molar-refractivity contribution is -0.136. The summed E-state index contributed by atoms with van der Waals surface area (Å²) in [5.74, 6) is 1.85. The number of nitrogens with zero attached hydrogens (tertiary/aromatic N) is 1. The maximum Gasteiger partial charge on any atom is 0.242 e. The van der Waals surface area contributed by atoms with Gasteiger partial charge in [-0.1, -0.05) is 12.1 Å². The lowest BCUT2D eigenvalue weighted by Gasteiger charge is -2.56. The minimum Gasteiger partial charge on any atom is -0.391 e. The molecule has 2 atom stereocenters. The fourth-order valence-corrected chi connectivity index (χ4v) is 7.28. The maximum absolute atomic E-state index is 13.2. The molecule has 0 aromatic heterocycles. The minimum absolute atomic E-state index is 0.0247. The number of aliphatic hydroxyl groups excluding tert-OH is 1. The summed E-state index contributed by atoms with van der Waals surface area (Å²) >= 11 is 0. The summed E-state index contributed by atoms with van der Waals surface area (Å²) in [5.41, 5.74) is 0.962. The van der Waals surface area contributed by atoms with E-state index in [1.807, 2.05) is 0 Å². The summed E-state index contributed by atoms with van der Waals surface area (Å²) in [4.78, 5) is 27.2. The molecular formula is C24H31FN2O3. The minimum atomic E-state index is -0.605. The first-order valence-corrected chi connectivity index (χ1v) is 11.4. The van der Waals surface area contributed by atoms with Gasteiger partial charge in [-0.25, -0.2) is 4.39 Å². The standard InChI is InChI=1S/C24H31FN2O3/c25-19-3-1-18(2-4-19)21-8-20(28)14-27(21)23(30)13-26-22(29)12-24-9-15-5-16(10-24)7-17(6-15)11-24/h1-4,15-17,20-21,28H,5-14H2,(H,26,29)/t15?,16?,17?,20-,21-,24?/m1/s1. The smallest absolute Gasteiger partial charge is 0.242 e. The number of nitrogens with one attached hydrogen (secondary N) is 1. The third kappa shape index (κ3) is 3.86. The molecule has 5 fully saturated rings. The molecule has 0 spiro atoms. The Morgan fingerprint density at radius 2 is 1.63 bits per heavy atom. The van der Waals surface area contributed by atoms with Crippen LogP contribution < -0.4 is 5.32 Å². The molecule has 2 amide bonds. The third-order valence-electron chi connectivity index (χ3n) is 7.99. The fourth-order valence-electron chi connectivity index (χ4n) is 7.28. The molecule has 5 nitrogen and oxygen atoms in total. The molecule has 5 aliphatic rings. The second kappa shape index (κ2) is 7.63. The second-order valence-electron chi connectivity index (χ2n) is 10.4. The highest BCUT2D eigenvalue weighted by Crippen LogP contribution is 2.61. The summed E-state index contributed by atoms with van der Waals surface area (Å²) in [5, 5.41) is 13.0. The number of hydrogen-bond donors (Lipinski definition) is 2. The van der Waals surface area contributed by atoms with Crippen LogP contribution in [0.15, 0.2) is 24.3 Å². The lowest BCUT2D eigenvalue weighted by atomic mass is 9.49. The molecule has 0 radical (unpaired) electrons. The zero-order valence-corrected chi connectivity index (χ0v) is 17.4. The van der Waals surface area contributed by atoms with E-state index < -0.39 is 6.10 Å². The van der Waals surface area contributed by atoms with Crippen molar-refractivity contribution in [2.45, 2.75) is 63.5 Å². The highest BCUT2D eigenvalue weighted by molar-refractivity contribution is 5.85. The van der Waals surface area contributed by atoms with E-state index >= 15 is 0 Å². The molecule has 4 aliphatic carbocycles. The van der Waals surface area contributed by atoms with Crippen molar-refractivity contribution in [1.82, 2.24) is 10.2 Å². The molecule has 1 heterocycles. The van der Waals surface area contributed by atoms with Crippen LogP contribution in [-0.2, 0) is 9.59 Å². The predicted molar refractivity (Wildman–Crippen MR) is 110 cm³/mol. The van der Waals surface area contributed by atoms with Crippen LogP contribution >= 0.6 is 0 Å². The number of halogens is 1. The normalized spacial score (nSPS) is 36.9. The van der Waals surface area contributed by atoms with E-state index in [0.29, 0.717) is 12.8 Å². The molecule has 4 saturated carbocycles. The van der Waals surface area contributed by atoms with Gasteiger partial charge < -0.3 is 15.3 Å². The maximum atomic E-state index is 13.2. The molecule has 1 saturated heterocycles. The molecule has 162 valence electrons.